The van der Waals surface area contributed by atoms with E-state index in [1.54, 1.807) is 0 Å². The highest BCUT2D eigenvalue weighted by molar-refractivity contribution is 5.23. The van der Waals surface area contributed by atoms with Crippen LogP contribution in [0.5, 0.6) is 0 Å². The molecule has 1 fully saturated rings. The molecule has 0 saturated carbocycles. The second-order valence-corrected chi connectivity index (χ2v) is 2.97. The van der Waals surface area contributed by atoms with Crippen LogP contribution in [-0.2, 0) is 16.1 Å². The van der Waals surface area contributed by atoms with Crippen molar-refractivity contribution in [3.63, 3.8) is 0 Å². The molecule has 1 saturated heterocycles. The summed E-state index contributed by atoms with van der Waals surface area (Å²) < 4.78 is 10.7. The summed E-state index contributed by atoms with van der Waals surface area (Å²) in [6, 6.07) is 7.59. The minimum atomic E-state index is -0.215. The van der Waals surface area contributed by atoms with Gasteiger partial charge in [-0.05, 0) is 5.56 Å². The fraction of sp³-hybridized carbons (Fsp3) is 0.571. The molecule has 3 nitrogen and oxygen atoms in total. The molecule has 0 aromatic heterocycles. The normalized spacial score (nSPS) is 14.4. The van der Waals surface area contributed by atoms with Crippen LogP contribution in [0.2, 0.25) is 0 Å². The smallest absolute Gasteiger partial charge is 0.184 e. The zero-order valence-corrected chi connectivity index (χ0v) is 11.3. The van der Waals surface area contributed by atoms with E-state index < -0.39 is 0 Å². The molecule has 17 heavy (non-hydrogen) atoms. The highest BCUT2D eigenvalue weighted by Gasteiger charge is 2.17. The summed E-state index contributed by atoms with van der Waals surface area (Å²) in [5, 5.41) is 8.83. The van der Waals surface area contributed by atoms with Gasteiger partial charge in [0.15, 0.2) is 6.29 Å². The number of ether oxygens (including phenoxy) is 2. The Bertz CT molecular complexity index is 263. The second kappa shape index (κ2) is 10.3. The molecule has 0 atom stereocenters. The van der Waals surface area contributed by atoms with Crippen LogP contribution in [0.3, 0.4) is 0 Å². The number of aliphatic hydroxyl groups excluding tert-OH is 1. The first-order chi connectivity index (χ1) is 8.40. The van der Waals surface area contributed by atoms with Gasteiger partial charge in [-0.2, -0.15) is 0 Å². The SMILES string of the molecule is CC.CC.OCc1ccc(C2OCCO2)cc1. The molecule has 1 aliphatic heterocycles. The van der Waals surface area contributed by atoms with E-state index in [0.717, 1.165) is 11.1 Å². The van der Waals surface area contributed by atoms with Crippen LogP contribution >= 0.6 is 0 Å². The van der Waals surface area contributed by atoms with Gasteiger partial charge in [0.1, 0.15) is 0 Å². The van der Waals surface area contributed by atoms with Gasteiger partial charge in [0.2, 0.25) is 0 Å². The fourth-order valence-corrected chi connectivity index (χ4v) is 1.33. The standard InChI is InChI=1S/C10H12O3.2C2H6/c11-7-8-1-3-9(4-2-8)10-12-5-6-13-10;2*1-2/h1-4,10-11H,5-7H2;2*1-2H3. The van der Waals surface area contributed by atoms with E-state index in [9.17, 15) is 0 Å². The fourth-order valence-electron chi connectivity index (χ4n) is 1.33. The molecule has 0 bridgehead atoms. The Labute approximate surface area is 104 Å². The summed E-state index contributed by atoms with van der Waals surface area (Å²) in [5.41, 5.74) is 1.91. The lowest BCUT2D eigenvalue weighted by molar-refractivity contribution is -0.0441. The van der Waals surface area contributed by atoms with Gasteiger partial charge in [0.05, 0.1) is 19.8 Å². The minimum absolute atomic E-state index is 0.0761. The van der Waals surface area contributed by atoms with Crippen LogP contribution in [0.1, 0.15) is 45.1 Å². The van der Waals surface area contributed by atoms with Gasteiger partial charge < -0.3 is 14.6 Å². The van der Waals surface area contributed by atoms with Crippen LogP contribution in [-0.4, -0.2) is 18.3 Å². The van der Waals surface area contributed by atoms with Gasteiger partial charge in [-0.25, -0.2) is 0 Å². The maximum Gasteiger partial charge on any atom is 0.184 e. The Morgan fingerprint density at radius 1 is 1.00 bits per heavy atom. The Balaban J connectivity index is 0.000000581. The Kier molecular flexibility index (Phi) is 9.72. The van der Waals surface area contributed by atoms with Crippen molar-refractivity contribution >= 4 is 0 Å². The monoisotopic (exact) mass is 240 g/mol. The van der Waals surface area contributed by atoms with Gasteiger partial charge in [-0.15, -0.1) is 0 Å². The van der Waals surface area contributed by atoms with E-state index in [4.69, 9.17) is 14.6 Å². The predicted molar refractivity (Wildman–Crippen MR) is 69.7 cm³/mol. The average Bonchev–Trinajstić information content (AvgIpc) is 2.97. The molecule has 0 spiro atoms. The first kappa shape index (κ1) is 16.1. The minimum Gasteiger partial charge on any atom is -0.392 e. The van der Waals surface area contributed by atoms with Gasteiger partial charge in [0, 0.05) is 5.56 Å². The Hall–Kier alpha value is -0.900. The van der Waals surface area contributed by atoms with Crippen molar-refractivity contribution in [2.24, 2.45) is 0 Å². The first-order valence-corrected chi connectivity index (χ1v) is 6.33. The summed E-state index contributed by atoms with van der Waals surface area (Å²) in [5.74, 6) is 0. The van der Waals surface area contributed by atoms with E-state index >= 15 is 0 Å². The molecule has 1 aromatic carbocycles. The molecule has 2 rings (SSSR count). The predicted octanol–water partition coefficient (Wildman–Crippen LogP) is 3.28. The number of rotatable bonds is 2. The van der Waals surface area contributed by atoms with Crippen LogP contribution < -0.4 is 0 Å². The summed E-state index contributed by atoms with van der Waals surface area (Å²) in [6.07, 6.45) is -0.215. The lowest BCUT2D eigenvalue weighted by Gasteiger charge is -2.08. The van der Waals surface area contributed by atoms with E-state index in [2.05, 4.69) is 0 Å². The van der Waals surface area contributed by atoms with E-state index in [0.29, 0.717) is 13.2 Å². The third-order valence-electron chi connectivity index (χ3n) is 2.06. The van der Waals surface area contributed by atoms with E-state index in [-0.39, 0.29) is 12.9 Å². The van der Waals surface area contributed by atoms with Gasteiger partial charge in [-0.1, -0.05) is 52.0 Å². The zero-order chi connectivity index (χ0) is 13.1. The highest BCUT2D eigenvalue weighted by atomic mass is 16.7. The summed E-state index contributed by atoms with van der Waals surface area (Å²) in [7, 11) is 0. The van der Waals surface area contributed by atoms with E-state index in [1.807, 2.05) is 52.0 Å². The number of benzene rings is 1. The van der Waals surface area contributed by atoms with Crippen LogP contribution in [0.25, 0.3) is 0 Å². The van der Waals surface area contributed by atoms with Crippen molar-refractivity contribution in [2.45, 2.75) is 40.6 Å². The molecule has 0 aliphatic carbocycles. The van der Waals surface area contributed by atoms with Gasteiger partial charge in [0.25, 0.3) is 0 Å². The highest BCUT2D eigenvalue weighted by Crippen LogP contribution is 2.23. The molecule has 1 aliphatic rings. The molecule has 98 valence electrons. The lowest BCUT2D eigenvalue weighted by Crippen LogP contribution is -1.97. The molecule has 3 heteroatoms. The number of aliphatic hydroxyl groups is 1. The van der Waals surface area contributed by atoms with Crippen LogP contribution in [0.4, 0.5) is 0 Å². The molecule has 0 radical (unpaired) electrons. The van der Waals surface area contributed by atoms with Crippen molar-refractivity contribution in [3.8, 4) is 0 Å². The molecule has 1 N–H and O–H groups in total. The van der Waals surface area contributed by atoms with Crippen molar-refractivity contribution in [2.75, 3.05) is 13.2 Å². The van der Waals surface area contributed by atoms with Crippen LogP contribution in [0, 0.1) is 0 Å². The summed E-state index contributed by atoms with van der Waals surface area (Å²) in [6.45, 7) is 9.39. The van der Waals surface area contributed by atoms with Crippen molar-refractivity contribution in [1.29, 1.82) is 0 Å². The summed E-state index contributed by atoms with van der Waals surface area (Å²) >= 11 is 0. The molecule has 1 heterocycles. The van der Waals surface area contributed by atoms with Crippen LogP contribution in [0.15, 0.2) is 24.3 Å². The molecule has 1 aromatic rings. The maximum absolute atomic E-state index is 8.83. The molecule has 0 unspecified atom stereocenters. The number of hydrogen-bond donors (Lipinski definition) is 1. The molecular formula is C14H24O3. The zero-order valence-electron chi connectivity index (χ0n) is 11.3. The maximum atomic E-state index is 8.83. The topological polar surface area (TPSA) is 38.7 Å². The largest absolute Gasteiger partial charge is 0.392 e. The van der Waals surface area contributed by atoms with E-state index in [1.165, 1.54) is 0 Å². The number of hydrogen-bond acceptors (Lipinski definition) is 3. The van der Waals surface area contributed by atoms with Crippen molar-refractivity contribution in [3.05, 3.63) is 35.4 Å². The van der Waals surface area contributed by atoms with Gasteiger partial charge >= 0.3 is 0 Å². The third kappa shape index (κ3) is 5.31. The van der Waals surface area contributed by atoms with Crippen molar-refractivity contribution in [1.82, 2.24) is 0 Å². The Morgan fingerprint density at radius 3 is 1.88 bits per heavy atom. The van der Waals surface area contributed by atoms with Gasteiger partial charge in [-0.3, -0.25) is 0 Å². The average molecular weight is 240 g/mol. The Morgan fingerprint density at radius 2 is 1.47 bits per heavy atom. The second-order valence-electron chi connectivity index (χ2n) is 2.97. The molecular weight excluding hydrogens is 216 g/mol. The first-order valence-electron chi connectivity index (χ1n) is 6.33. The summed E-state index contributed by atoms with van der Waals surface area (Å²) in [4.78, 5) is 0. The molecule has 0 amide bonds. The lowest BCUT2D eigenvalue weighted by atomic mass is 10.1. The quantitative estimate of drug-likeness (QED) is 0.862. The van der Waals surface area contributed by atoms with Crippen molar-refractivity contribution < 1.29 is 14.6 Å². The third-order valence-corrected chi connectivity index (χ3v) is 2.06.